The van der Waals surface area contributed by atoms with E-state index in [4.69, 9.17) is 10.3 Å². The number of hydrogen-bond donors (Lipinski definition) is 1. The van der Waals surface area contributed by atoms with Crippen LogP contribution in [0.4, 0.5) is 14.6 Å². The molecule has 0 amide bonds. The second kappa shape index (κ2) is 3.09. The first kappa shape index (κ1) is 9.88. The van der Waals surface area contributed by atoms with Crippen molar-refractivity contribution in [3.63, 3.8) is 0 Å². The second-order valence-electron chi connectivity index (χ2n) is 3.45. The van der Waals surface area contributed by atoms with Gasteiger partial charge in [0.15, 0.2) is 23.1 Å². The molecule has 0 saturated heterocycles. The lowest BCUT2D eigenvalue weighted by Crippen LogP contribution is -2.25. The van der Waals surface area contributed by atoms with Crippen molar-refractivity contribution in [3.05, 3.63) is 24.3 Å². The van der Waals surface area contributed by atoms with Gasteiger partial charge in [-0.1, -0.05) is 5.16 Å². The maximum atomic E-state index is 12.8. The van der Waals surface area contributed by atoms with Gasteiger partial charge in [-0.25, -0.2) is 0 Å². The zero-order valence-electron chi connectivity index (χ0n) is 8.31. The maximum Gasteiger partial charge on any atom is 0.586 e. The summed E-state index contributed by atoms with van der Waals surface area (Å²) in [5.41, 5.74) is 5.91. The Bertz CT molecular complexity index is 583. The van der Waals surface area contributed by atoms with E-state index < -0.39 is 6.29 Å². The van der Waals surface area contributed by atoms with E-state index in [-0.39, 0.29) is 17.3 Å². The molecule has 5 nitrogen and oxygen atoms in total. The van der Waals surface area contributed by atoms with Gasteiger partial charge in [-0.15, -0.1) is 8.78 Å². The van der Waals surface area contributed by atoms with Crippen molar-refractivity contribution in [2.75, 3.05) is 5.73 Å². The smallest absolute Gasteiger partial charge is 0.395 e. The topological polar surface area (TPSA) is 70.5 Å². The summed E-state index contributed by atoms with van der Waals surface area (Å²) in [4.78, 5) is 0. The monoisotopic (exact) mass is 240 g/mol. The number of nitrogens with two attached hydrogens (primary N) is 1. The fourth-order valence-electron chi connectivity index (χ4n) is 1.53. The second-order valence-corrected chi connectivity index (χ2v) is 3.45. The molecule has 1 aromatic carbocycles. The molecule has 0 fully saturated rings. The van der Waals surface area contributed by atoms with Gasteiger partial charge in [0.25, 0.3) is 0 Å². The van der Waals surface area contributed by atoms with Gasteiger partial charge in [-0.3, -0.25) is 0 Å². The molecule has 1 aliphatic rings. The SMILES string of the molecule is Nc1cc(-c2ccc3c(c2)OC(F)(F)O3)on1. The van der Waals surface area contributed by atoms with Crippen LogP contribution in [0.15, 0.2) is 28.8 Å². The number of alkyl halides is 2. The van der Waals surface area contributed by atoms with E-state index in [0.29, 0.717) is 11.3 Å². The average Bonchev–Trinajstić information content (AvgIpc) is 2.78. The van der Waals surface area contributed by atoms with Crippen molar-refractivity contribution >= 4 is 5.82 Å². The van der Waals surface area contributed by atoms with Gasteiger partial charge in [0.1, 0.15) is 0 Å². The normalized spacial score (nSPS) is 16.1. The van der Waals surface area contributed by atoms with Gasteiger partial charge in [-0.05, 0) is 18.2 Å². The highest BCUT2D eigenvalue weighted by molar-refractivity contribution is 5.64. The number of benzene rings is 1. The van der Waals surface area contributed by atoms with Crippen molar-refractivity contribution in [1.29, 1.82) is 0 Å². The van der Waals surface area contributed by atoms with Crippen LogP contribution in [0.2, 0.25) is 0 Å². The van der Waals surface area contributed by atoms with E-state index in [1.165, 1.54) is 18.2 Å². The number of nitrogens with zero attached hydrogens (tertiary/aromatic N) is 1. The molecule has 88 valence electrons. The number of rotatable bonds is 1. The van der Waals surface area contributed by atoms with Gasteiger partial charge in [0.05, 0.1) is 0 Å². The predicted molar refractivity (Wildman–Crippen MR) is 52.6 cm³/mol. The largest absolute Gasteiger partial charge is 0.586 e. The summed E-state index contributed by atoms with van der Waals surface area (Å²) in [5, 5.41) is 3.50. The van der Waals surface area contributed by atoms with Crippen LogP contribution in [0.1, 0.15) is 0 Å². The number of nitrogen functional groups attached to an aromatic ring is 1. The van der Waals surface area contributed by atoms with Crippen molar-refractivity contribution < 1.29 is 22.8 Å². The quantitative estimate of drug-likeness (QED) is 0.827. The number of ether oxygens (including phenoxy) is 2. The summed E-state index contributed by atoms with van der Waals surface area (Å²) in [6, 6.07) is 5.76. The minimum Gasteiger partial charge on any atom is -0.395 e. The van der Waals surface area contributed by atoms with Gasteiger partial charge in [0, 0.05) is 11.6 Å². The number of halogens is 2. The van der Waals surface area contributed by atoms with Crippen LogP contribution in [0.25, 0.3) is 11.3 Å². The zero-order valence-corrected chi connectivity index (χ0v) is 8.31. The van der Waals surface area contributed by atoms with Crippen LogP contribution >= 0.6 is 0 Å². The molecule has 0 atom stereocenters. The molecule has 7 heteroatoms. The first-order valence-electron chi connectivity index (χ1n) is 4.66. The summed E-state index contributed by atoms with van der Waals surface area (Å²) >= 11 is 0. The Hall–Kier alpha value is -2.31. The lowest BCUT2D eigenvalue weighted by atomic mass is 10.1. The van der Waals surface area contributed by atoms with E-state index in [1.54, 1.807) is 6.07 Å². The molecule has 1 aromatic heterocycles. The lowest BCUT2D eigenvalue weighted by Gasteiger charge is -2.04. The molecule has 0 radical (unpaired) electrons. The molecule has 2 heterocycles. The first-order valence-corrected chi connectivity index (χ1v) is 4.66. The van der Waals surface area contributed by atoms with E-state index in [0.717, 1.165) is 0 Å². The highest BCUT2D eigenvalue weighted by Crippen LogP contribution is 2.42. The Morgan fingerprint density at radius 2 is 1.88 bits per heavy atom. The molecule has 0 aliphatic carbocycles. The van der Waals surface area contributed by atoms with Crippen molar-refractivity contribution in [2.24, 2.45) is 0 Å². The predicted octanol–water partition coefficient (Wildman–Crippen LogP) is 2.25. The molecule has 0 saturated carbocycles. The minimum absolute atomic E-state index is 0.0220. The fraction of sp³-hybridized carbons (Fsp3) is 0.100. The van der Waals surface area contributed by atoms with Crippen LogP contribution in [0, 0.1) is 0 Å². The van der Waals surface area contributed by atoms with Crippen LogP contribution in [-0.4, -0.2) is 11.5 Å². The van der Waals surface area contributed by atoms with E-state index in [2.05, 4.69) is 14.6 Å². The number of anilines is 1. The van der Waals surface area contributed by atoms with Gasteiger partial charge in [-0.2, -0.15) is 0 Å². The molecule has 17 heavy (non-hydrogen) atoms. The molecule has 0 bridgehead atoms. The van der Waals surface area contributed by atoms with E-state index >= 15 is 0 Å². The fourth-order valence-corrected chi connectivity index (χ4v) is 1.53. The summed E-state index contributed by atoms with van der Waals surface area (Å²) in [6.45, 7) is 0. The van der Waals surface area contributed by atoms with Crippen molar-refractivity contribution in [2.45, 2.75) is 6.29 Å². The molecule has 2 N–H and O–H groups in total. The highest BCUT2D eigenvalue weighted by Gasteiger charge is 2.43. The lowest BCUT2D eigenvalue weighted by molar-refractivity contribution is -0.286. The van der Waals surface area contributed by atoms with Crippen LogP contribution in [0.3, 0.4) is 0 Å². The Morgan fingerprint density at radius 3 is 2.59 bits per heavy atom. The Labute approximate surface area is 93.7 Å². The third kappa shape index (κ3) is 1.65. The Balaban J connectivity index is 2.01. The Morgan fingerprint density at radius 1 is 1.12 bits per heavy atom. The van der Waals surface area contributed by atoms with Crippen LogP contribution in [0.5, 0.6) is 11.5 Å². The highest BCUT2D eigenvalue weighted by atomic mass is 19.3. The van der Waals surface area contributed by atoms with Crippen molar-refractivity contribution in [3.8, 4) is 22.8 Å². The van der Waals surface area contributed by atoms with E-state index in [1.807, 2.05) is 0 Å². The Kier molecular flexibility index (Phi) is 1.80. The number of aromatic nitrogens is 1. The number of fused-ring (bicyclic) bond motifs is 1. The molecule has 3 rings (SSSR count). The molecular formula is C10H6F2N2O3. The average molecular weight is 240 g/mol. The maximum absolute atomic E-state index is 12.8. The molecular weight excluding hydrogens is 234 g/mol. The van der Waals surface area contributed by atoms with Crippen molar-refractivity contribution in [1.82, 2.24) is 5.16 Å². The summed E-state index contributed by atoms with van der Waals surface area (Å²) in [5.74, 6) is 0.501. The van der Waals surface area contributed by atoms with Gasteiger partial charge >= 0.3 is 6.29 Å². The molecule has 0 spiro atoms. The van der Waals surface area contributed by atoms with Gasteiger partial charge in [0.2, 0.25) is 0 Å². The standard InChI is InChI=1S/C10H6F2N2O3/c11-10(12)15-6-2-1-5(3-8(6)16-10)7-4-9(13)14-17-7/h1-4H,(H2,13,14). The molecule has 2 aromatic rings. The van der Waals surface area contributed by atoms with Crippen LogP contribution < -0.4 is 15.2 Å². The third-order valence-corrected chi connectivity index (χ3v) is 2.21. The molecule has 0 unspecified atom stereocenters. The first-order chi connectivity index (χ1) is 8.03. The van der Waals surface area contributed by atoms with Gasteiger partial charge < -0.3 is 19.7 Å². The minimum atomic E-state index is -3.62. The molecule has 1 aliphatic heterocycles. The summed E-state index contributed by atoms with van der Waals surface area (Å²) < 4.78 is 39.0. The zero-order chi connectivity index (χ0) is 12.0. The number of hydrogen-bond acceptors (Lipinski definition) is 5. The summed E-state index contributed by atoms with van der Waals surface area (Å²) in [6.07, 6.45) is -3.62. The van der Waals surface area contributed by atoms with E-state index in [9.17, 15) is 8.78 Å². The summed E-state index contributed by atoms with van der Waals surface area (Å²) in [7, 11) is 0. The third-order valence-electron chi connectivity index (χ3n) is 2.21. The van der Waals surface area contributed by atoms with Crippen LogP contribution in [-0.2, 0) is 0 Å².